The molecule has 1 aromatic carbocycles. The van der Waals surface area contributed by atoms with Gasteiger partial charge in [0.2, 0.25) is 10.0 Å². The van der Waals surface area contributed by atoms with Gasteiger partial charge in [0.05, 0.1) is 35.5 Å². The second-order valence-electron chi connectivity index (χ2n) is 6.99. The number of amides is 1. The number of carbonyl (C=O) groups is 1. The minimum Gasteiger partial charge on any atom is -0.442 e. The number of nitrogens with zero attached hydrogens (tertiary/aromatic N) is 4. The molecule has 0 radical (unpaired) electrons. The second kappa shape index (κ2) is 9.11. The van der Waals surface area contributed by atoms with Gasteiger partial charge in [-0.1, -0.05) is 12.2 Å². The van der Waals surface area contributed by atoms with Crippen molar-refractivity contribution in [2.45, 2.75) is 13.0 Å². The van der Waals surface area contributed by atoms with Gasteiger partial charge in [-0.3, -0.25) is 4.90 Å². The van der Waals surface area contributed by atoms with Crippen molar-refractivity contribution >= 4 is 44.7 Å². The van der Waals surface area contributed by atoms with E-state index in [-0.39, 0.29) is 25.7 Å². The Morgan fingerprint density at radius 3 is 2.67 bits per heavy atom. The van der Waals surface area contributed by atoms with E-state index in [1.807, 2.05) is 0 Å². The highest BCUT2D eigenvalue weighted by Crippen LogP contribution is 2.28. The average Bonchev–Trinajstić information content (AvgIpc) is 3.07. The molecule has 1 amide bonds. The molecule has 0 aromatic heterocycles. The standard InChI is InChI=1S/C18H22FN5O4S2/c1-13(29)21-11-15-12-24(18(25)28-15)14-2-3-17(16(19)10-14)22-5-7-23(8-6-22)30(26,27)9-4-20/h2-3,10,15H,5-9,11-12H2,1H3,(H,21,29)/t15-/m0/s1. The molecule has 0 spiro atoms. The van der Waals surface area contributed by atoms with E-state index in [2.05, 4.69) is 5.32 Å². The Morgan fingerprint density at radius 2 is 2.07 bits per heavy atom. The summed E-state index contributed by atoms with van der Waals surface area (Å²) >= 11 is 4.95. The number of cyclic esters (lactones) is 1. The first kappa shape index (κ1) is 22.2. The largest absolute Gasteiger partial charge is 0.442 e. The third kappa shape index (κ3) is 4.97. The highest BCUT2D eigenvalue weighted by atomic mass is 32.2. The lowest BCUT2D eigenvalue weighted by Crippen LogP contribution is -2.49. The Balaban J connectivity index is 1.65. The van der Waals surface area contributed by atoms with Crippen LogP contribution in [0.2, 0.25) is 0 Å². The molecule has 0 unspecified atom stereocenters. The monoisotopic (exact) mass is 455 g/mol. The number of piperazine rings is 1. The molecular formula is C18H22FN5O4S2. The Bertz CT molecular complexity index is 973. The highest BCUT2D eigenvalue weighted by Gasteiger charge is 2.33. The van der Waals surface area contributed by atoms with Crippen LogP contribution in [-0.4, -0.2) is 74.9 Å². The third-order valence-electron chi connectivity index (χ3n) is 4.92. The predicted octanol–water partition coefficient (Wildman–Crippen LogP) is 1.06. The molecule has 0 bridgehead atoms. The zero-order valence-corrected chi connectivity index (χ0v) is 18.0. The number of benzene rings is 1. The maximum atomic E-state index is 14.8. The first-order valence-corrected chi connectivity index (χ1v) is 11.3. The molecule has 0 saturated carbocycles. The molecule has 3 rings (SSSR count). The van der Waals surface area contributed by atoms with Crippen molar-refractivity contribution in [3.63, 3.8) is 0 Å². The van der Waals surface area contributed by atoms with Gasteiger partial charge in [0, 0.05) is 26.2 Å². The van der Waals surface area contributed by atoms with Crippen molar-refractivity contribution in [1.29, 1.82) is 5.26 Å². The summed E-state index contributed by atoms with van der Waals surface area (Å²) in [5.41, 5.74) is 0.719. The number of hydrogen-bond donors (Lipinski definition) is 1. The number of nitrogens with one attached hydrogen (secondary N) is 1. The molecule has 9 nitrogen and oxygen atoms in total. The molecule has 2 saturated heterocycles. The number of carbonyl (C=O) groups excluding carboxylic acids is 1. The minimum absolute atomic E-state index is 0.178. The van der Waals surface area contributed by atoms with E-state index < -0.39 is 27.7 Å². The predicted molar refractivity (Wildman–Crippen MR) is 113 cm³/mol. The number of sulfonamides is 1. The number of thiocarbonyl (C=S) groups is 1. The van der Waals surface area contributed by atoms with E-state index >= 15 is 0 Å². The molecule has 2 aliphatic heterocycles. The summed E-state index contributed by atoms with van der Waals surface area (Å²) in [6, 6.07) is 6.14. The number of halogens is 1. The number of ether oxygens (including phenoxy) is 1. The summed E-state index contributed by atoms with van der Waals surface area (Å²) in [6.45, 7) is 3.36. The Hall–Kier alpha value is -2.49. The zero-order valence-electron chi connectivity index (χ0n) is 16.4. The Labute approximate surface area is 180 Å². The van der Waals surface area contributed by atoms with Gasteiger partial charge < -0.3 is 15.0 Å². The van der Waals surface area contributed by atoms with E-state index in [9.17, 15) is 17.6 Å². The van der Waals surface area contributed by atoms with E-state index in [0.717, 1.165) is 0 Å². The summed E-state index contributed by atoms with van der Waals surface area (Å²) < 4.78 is 45.3. The normalized spacial score (nSPS) is 20.0. The van der Waals surface area contributed by atoms with Crippen LogP contribution in [0.1, 0.15) is 6.92 Å². The van der Waals surface area contributed by atoms with Crippen LogP contribution in [0.15, 0.2) is 18.2 Å². The molecule has 12 heteroatoms. The number of anilines is 2. The number of hydrogen-bond acceptors (Lipinski definition) is 7. The van der Waals surface area contributed by atoms with Crippen molar-refractivity contribution < 1.29 is 22.3 Å². The van der Waals surface area contributed by atoms with Crippen molar-refractivity contribution in [2.24, 2.45) is 0 Å². The van der Waals surface area contributed by atoms with E-state index in [1.165, 1.54) is 15.3 Å². The summed E-state index contributed by atoms with van der Waals surface area (Å²) in [5, 5.41) is 11.6. The van der Waals surface area contributed by atoms with Crippen molar-refractivity contribution in [3.8, 4) is 6.07 Å². The lowest BCUT2D eigenvalue weighted by atomic mass is 10.2. The smallest absolute Gasteiger partial charge is 0.414 e. The van der Waals surface area contributed by atoms with Crippen LogP contribution in [0, 0.1) is 17.1 Å². The fourth-order valence-corrected chi connectivity index (χ4v) is 4.55. The summed E-state index contributed by atoms with van der Waals surface area (Å²) in [4.78, 5) is 15.8. The maximum Gasteiger partial charge on any atom is 0.414 e. The first-order valence-electron chi connectivity index (χ1n) is 9.33. The van der Waals surface area contributed by atoms with E-state index in [0.29, 0.717) is 36.0 Å². The second-order valence-corrected chi connectivity index (χ2v) is 9.57. The molecule has 2 heterocycles. The molecule has 1 atom stereocenters. The molecule has 30 heavy (non-hydrogen) atoms. The van der Waals surface area contributed by atoms with E-state index in [4.69, 9.17) is 22.2 Å². The van der Waals surface area contributed by atoms with Crippen LogP contribution >= 0.6 is 12.2 Å². The van der Waals surface area contributed by atoms with Crippen molar-refractivity contribution in [2.75, 3.05) is 54.8 Å². The number of nitriles is 1. The van der Waals surface area contributed by atoms with Crippen LogP contribution in [0.25, 0.3) is 0 Å². The highest BCUT2D eigenvalue weighted by molar-refractivity contribution is 7.89. The van der Waals surface area contributed by atoms with Crippen LogP contribution in [-0.2, 0) is 14.8 Å². The van der Waals surface area contributed by atoms with Crippen LogP contribution in [0.5, 0.6) is 0 Å². The molecule has 162 valence electrons. The van der Waals surface area contributed by atoms with Crippen molar-refractivity contribution in [3.05, 3.63) is 24.0 Å². The molecule has 0 aliphatic carbocycles. The summed E-state index contributed by atoms with van der Waals surface area (Å²) in [5.74, 6) is -1.08. The van der Waals surface area contributed by atoms with Gasteiger partial charge in [-0.2, -0.15) is 9.57 Å². The van der Waals surface area contributed by atoms with E-state index in [1.54, 1.807) is 30.0 Å². The number of rotatable bonds is 6. The topological polar surface area (TPSA) is 106 Å². The molecule has 2 fully saturated rings. The van der Waals surface area contributed by atoms with Crippen LogP contribution in [0.4, 0.5) is 20.6 Å². The minimum atomic E-state index is -3.61. The average molecular weight is 456 g/mol. The lowest BCUT2D eigenvalue weighted by molar-refractivity contribution is 0.143. The molecule has 2 aliphatic rings. The van der Waals surface area contributed by atoms with Gasteiger partial charge in [-0.25, -0.2) is 17.6 Å². The van der Waals surface area contributed by atoms with Gasteiger partial charge in [0.15, 0.2) is 5.75 Å². The molecule has 1 aromatic rings. The third-order valence-corrected chi connectivity index (χ3v) is 6.71. The van der Waals surface area contributed by atoms with Gasteiger partial charge >= 0.3 is 6.09 Å². The first-order chi connectivity index (χ1) is 14.2. The van der Waals surface area contributed by atoms with Crippen LogP contribution in [0.3, 0.4) is 0 Å². The lowest BCUT2D eigenvalue weighted by Gasteiger charge is -2.35. The zero-order chi connectivity index (χ0) is 21.9. The van der Waals surface area contributed by atoms with Gasteiger partial charge in [0.25, 0.3) is 0 Å². The van der Waals surface area contributed by atoms with Gasteiger partial charge in [-0.15, -0.1) is 0 Å². The maximum absolute atomic E-state index is 14.8. The Kier molecular flexibility index (Phi) is 6.74. The molecule has 1 N–H and O–H groups in total. The summed E-state index contributed by atoms with van der Waals surface area (Å²) in [6.07, 6.45) is -0.936. The van der Waals surface area contributed by atoms with Crippen LogP contribution < -0.4 is 15.1 Å². The molecular weight excluding hydrogens is 433 g/mol. The summed E-state index contributed by atoms with van der Waals surface area (Å²) in [7, 11) is -3.61. The fourth-order valence-electron chi connectivity index (χ4n) is 3.40. The quantitative estimate of drug-likeness (QED) is 0.635. The van der Waals surface area contributed by atoms with Crippen molar-refractivity contribution in [1.82, 2.24) is 9.62 Å². The van der Waals surface area contributed by atoms with Gasteiger partial charge in [-0.05, 0) is 25.1 Å². The SMILES string of the molecule is CC(=S)NC[C@H]1CN(c2ccc(N3CCN(S(=O)(=O)CC#N)CC3)c(F)c2)C(=O)O1. The Morgan fingerprint density at radius 1 is 1.37 bits per heavy atom. The fraction of sp³-hybridized carbons (Fsp3) is 0.500. The van der Waals surface area contributed by atoms with Gasteiger partial charge in [0.1, 0.15) is 11.9 Å².